The summed E-state index contributed by atoms with van der Waals surface area (Å²) < 4.78 is 33.7. The monoisotopic (exact) mass is 386 g/mol. The highest BCUT2D eigenvalue weighted by molar-refractivity contribution is 7.91. The van der Waals surface area contributed by atoms with Crippen LogP contribution in [0, 0.1) is 5.41 Å². The standard InChI is InChI=1S/C17H26N2O4S2/c1-16(2,3)13-14(20)18-8-6-17(7-9-18)19(10-11-23-17)25(21,22)15-5-4-12-24-15/h4-5,12H,6-11,13H2,1-3H3. The van der Waals surface area contributed by atoms with Crippen LogP contribution in [0.4, 0.5) is 0 Å². The van der Waals surface area contributed by atoms with Gasteiger partial charge in [-0.15, -0.1) is 11.3 Å². The molecular formula is C17H26N2O4S2. The summed E-state index contributed by atoms with van der Waals surface area (Å²) >= 11 is 1.23. The molecule has 1 aromatic heterocycles. The van der Waals surface area contributed by atoms with Crippen LogP contribution < -0.4 is 0 Å². The van der Waals surface area contributed by atoms with Crippen molar-refractivity contribution in [3.8, 4) is 0 Å². The molecule has 0 aliphatic carbocycles. The third-order valence-electron chi connectivity index (χ3n) is 4.74. The van der Waals surface area contributed by atoms with Crippen LogP contribution in [0.3, 0.4) is 0 Å². The second-order valence-corrected chi connectivity index (χ2v) is 11.0. The summed E-state index contributed by atoms with van der Waals surface area (Å²) in [4.78, 5) is 14.3. The third kappa shape index (κ3) is 3.77. The van der Waals surface area contributed by atoms with Crippen LogP contribution in [0.15, 0.2) is 21.7 Å². The Morgan fingerprint density at radius 1 is 1.28 bits per heavy atom. The van der Waals surface area contributed by atoms with E-state index in [4.69, 9.17) is 4.74 Å². The molecule has 0 radical (unpaired) electrons. The minimum atomic E-state index is -3.55. The molecule has 3 rings (SSSR count). The lowest BCUT2D eigenvalue weighted by Gasteiger charge is -2.43. The molecule has 2 saturated heterocycles. The van der Waals surface area contributed by atoms with Gasteiger partial charge in [0.25, 0.3) is 10.0 Å². The van der Waals surface area contributed by atoms with E-state index in [9.17, 15) is 13.2 Å². The van der Waals surface area contributed by atoms with E-state index < -0.39 is 15.7 Å². The summed E-state index contributed by atoms with van der Waals surface area (Å²) in [5.41, 5.74) is -0.855. The van der Waals surface area contributed by atoms with Crippen LogP contribution in [-0.4, -0.2) is 55.5 Å². The number of ether oxygens (including phenoxy) is 1. The Kier molecular flexibility index (Phi) is 5.00. The van der Waals surface area contributed by atoms with E-state index in [2.05, 4.69) is 0 Å². The molecule has 0 unspecified atom stereocenters. The number of hydrogen-bond acceptors (Lipinski definition) is 5. The van der Waals surface area contributed by atoms with E-state index in [1.807, 2.05) is 25.7 Å². The number of piperidine rings is 1. The van der Waals surface area contributed by atoms with Crippen molar-refractivity contribution >= 4 is 27.3 Å². The van der Waals surface area contributed by atoms with Crippen LogP contribution in [-0.2, 0) is 19.6 Å². The minimum absolute atomic E-state index is 0.0510. The van der Waals surface area contributed by atoms with Crippen LogP contribution in [0.25, 0.3) is 0 Å². The predicted octanol–water partition coefficient (Wildman–Crippen LogP) is 2.52. The normalized spacial score (nSPS) is 21.8. The van der Waals surface area contributed by atoms with Crippen molar-refractivity contribution in [2.75, 3.05) is 26.2 Å². The summed E-state index contributed by atoms with van der Waals surface area (Å²) in [6, 6.07) is 3.38. The van der Waals surface area contributed by atoms with Crippen molar-refractivity contribution in [3.63, 3.8) is 0 Å². The average molecular weight is 387 g/mol. The Balaban J connectivity index is 1.72. The second kappa shape index (κ2) is 6.64. The Labute approximate surface area is 153 Å². The van der Waals surface area contributed by atoms with Gasteiger partial charge in [-0.2, -0.15) is 4.31 Å². The molecule has 1 spiro atoms. The quantitative estimate of drug-likeness (QED) is 0.801. The molecule has 1 amide bonds. The molecule has 2 aliphatic heterocycles. The summed E-state index contributed by atoms with van der Waals surface area (Å²) in [6.07, 6.45) is 1.54. The highest BCUT2D eigenvalue weighted by atomic mass is 32.2. The first-order valence-electron chi connectivity index (χ1n) is 8.62. The lowest BCUT2D eigenvalue weighted by atomic mass is 9.91. The molecular weight excluding hydrogens is 360 g/mol. The van der Waals surface area contributed by atoms with E-state index in [0.29, 0.717) is 49.7 Å². The number of carbonyl (C=O) groups excluding carboxylic acids is 1. The summed E-state index contributed by atoms with van der Waals surface area (Å²) in [5, 5.41) is 1.77. The van der Waals surface area contributed by atoms with Gasteiger partial charge in [0.2, 0.25) is 5.91 Å². The van der Waals surface area contributed by atoms with Crippen molar-refractivity contribution < 1.29 is 17.9 Å². The summed E-state index contributed by atoms with van der Waals surface area (Å²) in [5.74, 6) is 0.132. The van der Waals surface area contributed by atoms with E-state index in [1.54, 1.807) is 17.5 Å². The van der Waals surface area contributed by atoms with Gasteiger partial charge in [0.05, 0.1) is 6.61 Å². The summed E-state index contributed by atoms with van der Waals surface area (Å²) in [6.45, 7) is 7.98. The minimum Gasteiger partial charge on any atom is -0.358 e. The zero-order valence-electron chi connectivity index (χ0n) is 15.0. The van der Waals surface area contributed by atoms with Gasteiger partial charge in [0.1, 0.15) is 9.93 Å². The molecule has 6 nitrogen and oxygen atoms in total. The molecule has 0 atom stereocenters. The lowest BCUT2D eigenvalue weighted by molar-refractivity contribution is -0.141. The Morgan fingerprint density at radius 3 is 2.52 bits per heavy atom. The zero-order valence-corrected chi connectivity index (χ0v) is 16.7. The fraction of sp³-hybridized carbons (Fsp3) is 0.706. The zero-order chi connectivity index (χ0) is 18.3. The van der Waals surface area contributed by atoms with Crippen LogP contribution >= 0.6 is 11.3 Å². The van der Waals surface area contributed by atoms with Gasteiger partial charge in [0.15, 0.2) is 0 Å². The van der Waals surface area contributed by atoms with Crippen molar-refractivity contribution in [2.24, 2.45) is 5.41 Å². The van der Waals surface area contributed by atoms with Gasteiger partial charge in [-0.05, 0) is 16.9 Å². The van der Waals surface area contributed by atoms with E-state index in [1.165, 1.54) is 15.6 Å². The highest BCUT2D eigenvalue weighted by Crippen LogP contribution is 2.39. The van der Waals surface area contributed by atoms with Crippen LogP contribution in [0.2, 0.25) is 0 Å². The molecule has 1 aromatic rings. The number of sulfonamides is 1. The van der Waals surface area contributed by atoms with Crippen molar-refractivity contribution in [2.45, 2.75) is 50.0 Å². The van der Waals surface area contributed by atoms with Gasteiger partial charge in [0, 0.05) is 38.9 Å². The third-order valence-corrected chi connectivity index (χ3v) is 8.06. The van der Waals surface area contributed by atoms with E-state index in [-0.39, 0.29) is 11.3 Å². The molecule has 140 valence electrons. The van der Waals surface area contributed by atoms with Crippen LogP contribution in [0.1, 0.15) is 40.0 Å². The van der Waals surface area contributed by atoms with Crippen molar-refractivity contribution in [3.05, 3.63) is 17.5 Å². The number of amides is 1. The molecule has 0 aromatic carbocycles. The van der Waals surface area contributed by atoms with Gasteiger partial charge < -0.3 is 9.64 Å². The molecule has 0 saturated carbocycles. The van der Waals surface area contributed by atoms with Crippen molar-refractivity contribution in [1.82, 2.24) is 9.21 Å². The first-order chi connectivity index (χ1) is 11.6. The maximum Gasteiger partial charge on any atom is 0.255 e. The first-order valence-corrected chi connectivity index (χ1v) is 10.9. The summed E-state index contributed by atoms with van der Waals surface area (Å²) in [7, 11) is -3.55. The Bertz CT molecular complexity index is 714. The number of thiophene rings is 1. The van der Waals surface area contributed by atoms with E-state index >= 15 is 0 Å². The number of carbonyl (C=O) groups is 1. The first kappa shape index (κ1) is 18.8. The van der Waals surface area contributed by atoms with Gasteiger partial charge in [-0.3, -0.25) is 4.79 Å². The highest BCUT2D eigenvalue weighted by Gasteiger charge is 2.51. The molecule has 2 aliphatic rings. The molecule has 2 fully saturated rings. The smallest absolute Gasteiger partial charge is 0.255 e. The topological polar surface area (TPSA) is 66.9 Å². The van der Waals surface area contributed by atoms with E-state index in [0.717, 1.165) is 0 Å². The number of rotatable bonds is 3. The van der Waals surface area contributed by atoms with Gasteiger partial charge in [-0.1, -0.05) is 26.8 Å². The fourth-order valence-corrected chi connectivity index (χ4v) is 6.34. The van der Waals surface area contributed by atoms with Crippen LogP contribution in [0.5, 0.6) is 0 Å². The lowest BCUT2D eigenvalue weighted by Crippen LogP contribution is -2.55. The number of nitrogens with zero attached hydrogens (tertiary/aromatic N) is 2. The largest absolute Gasteiger partial charge is 0.358 e. The maximum atomic E-state index is 12.9. The average Bonchev–Trinajstić information content (AvgIpc) is 3.16. The van der Waals surface area contributed by atoms with Gasteiger partial charge >= 0.3 is 0 Å². The Hall–Kier alpha value is -0.960. The predicted molar refractivity (Wildman–Crippen MR) is 96.8 cm³/mol. The Morgan fingerprint density at radius 2 is 1.96 bits per heavy atom. The number of hydrogen-bond donors (Lipinski definition) is 0. The maximum absolute atomic E-state index is 12.9. The number of likely N-dealkylation sites (tertiary alicyclic amines) is 1. The fourth-order valence-electron chi connectivity index (χ4n) is 3.52. The molecule has 8 heteroatoms. The molecule has 0 bridgehead atoms. The molecule has 25 heavy (non-hydrogen) atoms. The second-order valence-electron chi connectivity index (χ2n) is 7.92. The van der Waals surface area contributed by atoms with Gasteiger partial charge in [-0.25, -0.2) is 8.42 Å². The molecule has 0 N–H and O–H groups in total. The SMILES string of the molecule is CC(C)(C)CC(=O)N1CCC2(CC1)OCCN2S(=O)(=O)c1cccs1. The van der Waals surface area contributed by atoms with Crippen molar-refractivity contribution in [1.29, 1.82) is 0 Å². The molecule has 3 heterocycles.